The molecule has 0 aromatic carbocycles. The highest BCUT2D eigenvalue weighted by Crippen LogP contribution is 2.46. The van der Waals surface area contributed by atoms with Gasteiger partial charge in [0, 0.05) is 0 Å². The largest absolute Gasteiger partial charge is 0.346 e. The number of hydrogen-bond acceptors (Lipinski definition) is 3. The SMILES string of the molecule is CCC(OO)OC1CC2CCC1C2. The Morgan fingerprint density at radius 3 is 2.69 bits per heavy atom. The van der Waals surface area contributed by atoms with Crippen LogP contribution in [-0.4, -0.2) is 17.7 Å². The first-order valence-corrected chi connectivity index (χ1v) is 5.29. The van der Waals surface area contributed by atoms with Crippen molar-refractivity contribution in [2.75, 3.05) is 0 Å². The number of ether oxygens (including phenoxy) is 1. The van der Waals surface area contributed by atoms with Crippen molar-refractivity contribution in [3.63, 3.8) is 0 Å². The number of hydrogen-bond donors (Lipinski definition) is 1. The third-order valence-corrected chi connectivity index (χ3v) is 3.45. The van der Waals surface area contributed by atoms with Gasteiger partial charge in [-0.15, -0.1) is 0 Å². The molecule has 2 saturated carbocycles. The summed E-state index contributed by atoms with van der Waals surface area (Å²) in [5, 5.41) is 8.53. The van der Waals surface area contributed by atoms with Crippen LogP contribution in [0, 0.1) is 11.8 Å². The van der Waals surface area contributed by atoms with Crippen LogP contribution in [0.1, 0.15) is 39.0 Å². The zero-order chi connectivity index (χ0) is 9.26. The van der Waals surface area contributed by atoms with Gasteiger partial charge in [-0.3, -0.25) is 0 Å². The summed E-state index contributed by atoms with van der Waals surface area (Å²) in [6.07, 6.45) is 5.82. The third-order valence-electron chi connectivity index (χ3n) is 3.45. The van der Waals surface area contributed by atoms with Crippen LogP contribution in [0.25, 0.3) is 0 Å². The molecule has 3 heteroatoms. The molecule has 0 saturated heterocycles. The van der Waals surface area contributed by atoms with E-state index in [-0.39, 0.29) is 0 Å². The minimum absolute atomic E-state index is 0.343. The predicted octanol–water partition coefficient (Wildman–Crippen LogP) is 2.42. The second-order valence-corrected chi connectivity index (χ2v) is 4.29. The van der Waals surface area contributed by atoms with Crippen LogP contribution >= 0.6 is 0 Å². The monoisotopic (exact) mass is 186 g/mol. The standard InChI is InChI=1S/C10H18O3/c1-2-10(13-11)12-9-6-7-3-4-8(9)5-7/h7-11H,2-6H2,1H3. The third kappa shape index (κ3) is 1.87. The molecule has 0 amide bonds. The van der Waals surface area contributed by atoms with Gasteiger partial charge in [0.05, 0.1) is 6.10 Å². The summed E-state index contributed by atoms with van der Waals surface area (Å²) < 4.78 is 5.67. The van der Waals surface area contributed by atoms with Crippen molar-refractivity contribution < 1.29 is 14.9 Å². The van der Waals surface area contributed by atoms with E-state index in [4.69, 9.17) is 9.99 Å². The molecule has 2 rings (SSSR count). The maximum Gasteiger partial charge on any atom is 0.190 e. The average Bonchev–Trinajstić information content (AvgIpc) is 2.75. The summed E-state index contributed by atoms with van der Waals surface area (Å²) in [6, 6.07) is 0. The van der Waals surface area contributed by atoms with Gasteiger partial charge in [0.25, 0.3) is 0 Å². The van der Waals surface area contributed by atoms with Crippen LogP contribution in [-0.2, 0) is 9.62 Å². The van der Waals surface area contributed by atoms with E-state index >= 15 is 0 Å². The van der Waals surface area contributed by atoms with Crippen molar-refractivity contribution >= 4 is 0 Å². The molecule has 2 aliphatic carbocycles. The Hall–Kier alpha value is -0.120. The second kappa shape index (κ2) is 3.95. The van der Waals surface area contributed by atoms with Crippen molar-refractivity contribution in [1.82, 2.24) is 0 Å². The summed E-state index contributed by atoms with van der Waals surface area (Å²) >= 11 is 0. The molecule has 0 radical (unpaired) electrons. The Balaban J connectivity index is 1.82. The highest BCUT2D eigenvalue weighted by atomic mass is 17.1. The van der Waals surface area contributed by atoms with Crippen molar-refractivity contribution in [3.8, 4) is 0 Å². The van der Waals surface area contributed by atoms with Gasteiger partial charge in [0.1, 0.15) is 0 Å². The van der Waals surface area contributed by atoms with Gasteiger partial charge in [-0.2, -0.15) is 0 Å². The highest BCUT2D eigenvalue weighted by molar-refractivity contribution is 4.90. The van der Waals surface area contributed by atoms with E-state index in [0.29, 0.717) is 12.5 Å². The molecular formula is C10H18O3. The van der Waals surface area contributed by atoms with Crippen LogP contribution < -0.4 is 0 Å². The maximum absolute atomic E-state index is 8.53. The zero-order valence-electron chi connectivity index (χ0n) is 8.11. The van der Waals surface area contributed by atoms with Crippen LogP contribution in [0.3, 0.4) is 0 Å². The molecule has 13 heavy (non-hydrogen) atoms. The minimum Gasteiger partial charge on any atom is -0.346 e. The van der Waals surface area contributed by atoms with Crippen molar-refractivity contribution in [2.24, 2.45) is 11.8 Å². The normalized spacial score (nSPS) is 39.7. The van der Waals surface area contributed by atoms with E-state index in [9.17, 15) is 0 Å². The lowest BCUT2D eigenvalue weighted by Crippen LogP contribution is -2.27. The lowest BCUT2D eigenvalue weighted by atomic mass is 9.98. The highest BCUT2D eigenvalue weighted by Gasteiger charge is 2.41. The smallest absolute Gasteiger partial charge is 0.190 e. The molecule has 0 aromatic rings. The zero-order valence-corrected chi connectivity index (χ0v) is 8.11. The molecule has 2 bridgehead atoms. The van der Waals surface area contributed by atoms with Gasteiger partial charge in [-0.05, 0) is 43.9 Å². The Morgan fingerprint density at radius 1 is 1.38 bits per heavy atom. The summed E-state index contributed by atoms with van der Waals surface area (Å²) in [5.41, 5.74) is 0. The molecule has 4 atom stereocenters. The summed E-state index contributed by atoms with van der Waals surface area (Å²) in [5.74, 6) is 1.61. The molecule has 0 aliphatic heterocycles. The summed E-state index contributed by atoms with van der Waals surface area (Å²) in [6.45, 7) is 1.95. The molecule has 2 aliphatic rings. The molecule has 0 aromatic heterocycles. The van der Waals surface area contributed by atoms with E-state index < -0.39 is 6.29 Å². The molecule has 76 valence electrons. The van der Waals surface area contributed by atoms with E-state index in [1.54, 1.807) is 0 Å². The van der Waals surface area contributed by atoms with E-state index in [1.165, 1.54) is 25.7 Å². The summed E-state index contributed by atoms with van der Waals surface area (Å²) in [4.78, 5) is 4.25. The quantitative estimate of drug-likeness (QED) is 0.416. The lowest BCUT2D eigenvalue weighted by Gasteiger charge is -2.25. The molecule has 2 fully saturated rings. The topological polar surface area (TPSA) is 38.7 Å². The fourth-order valence-corrected chi connectivity index (χ4v) is 2.74. The van der Waals surface area contributed by atoms with Crippen LogP contribution in [0.2, 0.25) is 0 Å². The fraction of sp³-hybridized carbons (Fsp3) is 1.00. The fourth-order valence-electron chi connectivity index (χ4n) is 2.74. The maximum atomic E-state index is 8.53. The first-order valence-electron chi connectivity index (χ1n) is 5.29. The molecule has 1 N–H and O–H groups in total. The van der Waals surface area contributed by atoms with E-state index in [0.717, 1.165) is 11.8 Å². The van der Waals surface area contributed by atoms with Gasteiger partial charge in [-0.25, -0.2) is 10.1 Å². The van der Waals surface area contributed by atoms with E-state index in [2.05, 4.69) is 4.89 Å². The van der Waals surface area contributed by atoms with Crippen LogP contribution in [0.5, 0.6) is 0 Å². The molecular weight excluding hydrogens is 168 g/mol. The first-order chi connectivity index (χ1) is 6.33. The Morgan fingerprint density at radius 2 is 2.23 bits per heavy atom. The molecule has 3 nitrogen and oxygen atoms in total. The second-order valence-electron chi connectivity index (χ2n) is 4.29. The Bertz CT molecular complexity index is 168. The molecule has 4 unspecified atom stereocenters. The van der Waals surface area contributed by atoms with Crippen molar-refractivity contribution in [2.45, 2.75) is 51.4 Å². The van der Waals surface area contributed by atoms with Gasteiger partial charge >= 0.3 is 0 Å². The van der Waals surface area contributed by atoms with Crippen molar-refractivity contribution in [3.05, 3.63) is 0 Å². The molecule has 0 heterocycles. The van der Waals surface area contributed by atoms with Gasteiger partial charge in [0.2, 0.25) is 0 Å². The van der Waals surface area contributed by atoms with Gasteiger partial charge in [-0.1, -0.05) is 6.92 Å². The Kier molecular flexibility index (Phi) is 2.86. The number of rotatable bonds is 4. The minimum atomic E-state index is -0.413. The number of fused-ring (bicyclic) bond motifs is 2. The Labute approximate surface area is 79.0 Å². The predicted molar refractivity (Wildman–Crippen MR) is 48.1 cm³/mol. The van der Waals surface area contributed by atoms with Crippen LogP contribution in [0.4, 0.5) is 0 Å². The van der Waals surface area contributed by atoms with Crippen molar-refractivity contribution in [1.29, 1.82) is 0 Å². The summed E-state index contributed by atoms with van der Waals surface area (Å²) in [7, 11) is 0. The van der Waals surface area contributed by atoms with Crippen LogP contribution in [0.15, 0.2) is 0 Å². The van der Waals surface area contributed by atoms with E-state index in [1.807, 2.05) is 6.92 Å². The average molecular weight is 186 g/mol. The lowest BCUT2D eigenvalue weighted by molar-refractivity contribution is -0.356. The molecule has 0 spiro atoms. The van der Waals surface area contributed by atoms with Gasteiger partial charge < -0.3 is 4.74 Å². The van der Waals surface area contributed by atoms with Gasteiger partial charge in [0.15, 0.2) is 6.29 Å². The first kappa shape index (κ1) is 9.44.